The van der Waals surface area contributed by atoms with Gasteiger partial charge in [0.05, 0.1) is 24.3 Å². The minimum absolute atomic E-state index is 0.0197. The number of aromatic nitrogens is 1. The zero-order valence-electron chi connectivity index (χ0n) is 16.3. The molecule has 1 aromatic heterocycles. The van der Waals surface area contributed by atoms with Crippen LogP contribution in [0.1, 0.15) is 29.9 Å². The van der Waals surface area contributed by atoms with Gasteiger partial charge in [-0.3, -0.25) is 9.59 Å². The largest absolute Gasteiger partial charge is 0.363 e. The van der Waals surface area contributed by atoms with E-state index >= 15 is 0 Å². The SMILES string of the molecule is Cc1noc(C)c1CC(=O)N1CCC2(CC1)CN(c1ccccc1)C(=O)CO2. The third-order valence-electron chi connectivity index (χ3n) is 5.85. The number of ether oxygens (including phenoxy) is 1. The van der Waals surface area contributed by atoms with E-state index in [1.54, 1.807) is 0 Å². The fourth-order valence-electron chi connectivity index (χ4n) is 4.04. The summed E-state index contributed by atoms with van der Waals surface area (Å²) in [6.45, 7) is 5.55. The van der Waals surface area contributed by atoms with Crippen molar-refractivity contribution >= 4 is 17.5 Å². The number of para-hydroxylation sites is 1. The van der Waals surface area contributed by atoms with Gasteiger partial charge < -0.3 is 19.1 Å². The Morgan fingerprint density at radius 1 is 1.18 bits per heavy atom. The second-order valence-electron chi connectivity index (χ2n) is 7.65. The van der Waals surface area contributed by atoms with Crippen LogP contribution in [0.15, 0.2) is 34.9 Å². The third kappa shape index (κ3) is 3.54. The van der Waals surface area contributed by atoms with E-state index in [4.69, 9.17) is 9.26 Å². The zero-order valence-corrected chi connectivity index (χ0v) is 16.3. The molecule has 2 aromatic rings. The Balaban J connectivity index is 1.40. The normalized spacial score (nSPS) is 19.3. The van der Waals surface area contributed by atoms with Gasteiger partial charge in [-0.15, -0.1) is 0 Å². The summed E-state index contributed by atoms with van der Waals surface area (Å²) in [4.78, 5) is 28.8. The summed E-state index contributed by atoms with van der Waals surface area (Å²) in [7, 11) is 0. The molecule has 0 bridgehead atoms. The first-order valence-electron chi connectivity index (χ1n) is 9.66. The van der Waals surface area contributed by atoms with Gasteiger partial charge in [-0.25, -0.2) is 0 Å². The number of hydrogen-bond acceptors (Lipinski definition) is 5. The van der Waals surface area contributed by atoms with Crippen molar-refractivity contribution in [2.75, 3.05) is 31.1 Å². The van der Waals surface area contributed by atoms with Crippen LogP contribution in [0.4, 0.5) is 5.69 Å². The molecular weight excluding hydrogens is 358 g/mol. The van der Waals surface area contributed by atoms with Gasteiger partial charge in [0.2, 0.25) is 5.91 Å². The van der Waals surface area contributed by atoms with Gasteiger partial charge in [-0.1, -0.05) is 23.4 Å². The Morgan fingerprint density at radius 3 is 2.54 bits per heavy atom. The van der Waals surface area contributed by atoms with E-state index in [9.17, 15) is 9.59 Å². The van der Waals surface area contributed by atoms with E-state index in [2.05, 4.69) is 5.16 Å². The van der Waals surface area contributed by atoms with Crippen LogP contribution >= 0.6 is 0 Å². The fourth-order valence-corrected chi connectivity index (χ4v) is 4.04. The first-order chi connectivity index (χ1) is 13.5. The minimum atomic E-state index is -0.385. The van der Waals surface area contributed by atoms with Crippen LogP contribution < -0.4 is 4.90 Å². The van der Waals surface area contributed by atoms with Gasteiger partial charge in [0.25, 0.3) is 5.91 Å². The van der Waals surface area contributed by atoms with Gasteiger partial charge in [0, 0.05) is 24.3 Å². The number of carbonyl (C=O) groups is 2. The average Bonchev–Trinajstić information content (AvgIpc) is 3.03. The lowest BCUT2D eigenvalue weighted by Gasteiger charge is -2.47. The van der Waals surface area contributed by atoms with Crippen LogP contribution in [-0.4, -0.2) is 53.7 Å². The van der Waals surface area contributed by atoms with Crippen molar-refractivity contribution in [1.82, 2.24) is 10.1 Å². The molecule has 7 heteroatoms. The van der Waals surface area contributed by atoms with Gasteiger partial charge in [0.15, 0.2) is 0 Å². The quantitative estimate of drug-likeness (QED) is 0.813. The number of likely N-dealkylation sites (tertiary alicyclic amines) is 1. The molecule has 0 atom stereocenters. The van der Waals surface area contributed by atoms with Crippen LogP contribution in [0, 0.1) is 13.8 Å². The molecule has 2 fully saturated rings. The van der Waals surface area contributed by atoms with Crippen molar-refractivity contribution in [3.63, 3.8) is 0 Å². The molecule has 1 spiro atoms. The molecule has 3 heterocycles. The monoisotopic (exact) mass is 383 g/mol. The van der Waals surface area contributed by atoms with Crippen molar-refractivity contribution in [2.45, 2.75) is 38.7 Å². The molecular formula is C21H25N3O4. The number of morpholine rings is 1. The Morgan fingerprint density at radius 2 is 1.89 bits per heavy atom. The molecule has 4 rings (SSSR count). The topological polar surface area (TPSA) is 75.9 Å². The lowest BCUT2D eigenvalue weighted by atomic mass is 9.88. The first kappa shape index (κ1) is 18.7. The lowest BCUT2D eigenvalue weighted by Crippen LogP contribution is -2.59. The van der Waals surface area contributed by atoms with E-state index in [0.29, 0.717) is 31.8 Å². The smallest absolute Gasteiger partial charge is 0.253 e. The van der Waals surface area contributed by atoms with Crippen LogP contribution in [-0.2, 0) is 20.7 Å². The fraction of sp³-hybridized carbons (Fsp3) is 0.476. The molecule has 0 saturated carbocycles. The zero-order chi connectivity index (χ0) is 19.7. The minimum Gasteiger partial charge on any atom is -0.363 e. The Bertz CT molecular complexity index is 850. The summed E-state index contributed by atoms with van der Waals surface area (Å²) in [5.74, 6) is 0.761. The molecule has 28 heavy (non-hydrogen) atoms. The molecule has 2 aliphatic heterocycles. The number of aryl methyl sites for hydroxylation is 2. The maximum atomic E-state index is 12.7. The number of hydrogen-bond donors (Lipinski definition) is 0. The van der Waals surface area contributed by atoms with Crippen molar-refractivity contribution in [1.29, 1.82) is 0 Å². The van der Waals surface area contributed by atoms with Crippen LogP contribution in [0.25, 0.3) is 0 Å². The molecule has 0 unspecified atom stereocenters. The van der Waals surface area contributed by atoms with Gasteiger partial charge >= 0.3 is 0 Å². The molecule has 0 N–H and O–H groups in total. The van der Waals surface area contributed by atoms with Crippen LogP contribution in [0.3, 0.4) is 0 Å². The summed E-state index contributed by atoms with van der Waals surface area (Å²) in [6.07, 6.45) is 1.75. The first-order valence-corrected chi connectivity index (χ1v) is 9.66. The maximum Gasteiger partial charge on any atom is 0.253 e. The van der Waals surface area contributed by atoms with E-state index in [0.717, 1.165) is 29.8 Å². The average molecular weight is 383 g/mol. The highest BCUT2D eigenvalue weighted by molar-refractivity contribution is 5.95. The number of piperidine rings is 1. The van der Waals surface area contributed by atoms with E-state index in [1.165, 1.54) is 0 Å². The van der Waals surface area contributed by atoms with Crippen molar-refractivity contribution in [3.05, 3.63) is 47.3 Å². The predicted octanol–water partition coefficient (Wildman–Crippen LogP) is 2.26. The number of nitrogens with zero attached hydrogens (tertiary/aromatic N) is 3. The summed E-state index contributed by atoms with van der Waals surface area (Å²) in [5, 5.41) is 3.92. The number of rotatable bonds is 3. The van der Waals surface area contributed by atoms with Crippen LogP contribution in [0.5, 0.6) is 0 Å². The van der Waals surface area contributed by atoms with Gasteiger partial charge in [-0.05, 0) is 38.8 Å². The Labute approximate surface area is 164 Å². The van der Waals surface area contributed by atoms with Crippen LogP contribution in [0.2, 0.25) is 0 Å². The van der Waals surface area contributed by atoms with Crippen molar-refractivity contribution in [2.24, 2.45) is 0 Å². The molecule has 0 radical (unpaired) electrons. The Kier molecular flexibility index (Phi) is 4.93. The number of amides is 2. The molecule has 7 nitrogen and oxygen atoms in total. The molecule has 1 aromatic carbocycles. The highest BCUT2D eigenvalue weighted by atomic mass is 16.5. The highest BCUT2D eigenvalue weighted by Crippen LogP contribution is 2.33. The molecule has 2 amide bonds. The highest BCUT2D eigenvalue weighted by Gasteiger charge is 2.43. The lowest BCUT2D eigenvalue weighted by molar-refractivity contribution is -0.150. The molecule has 2 aliphatic rings. The maximum absolute atomic E-state index is 12.7. The third-order valence-corrected chi connectivity index (χ3v) is 5.85. The van der Waals surface area contributed by atoms with Crippen molar-refractivity contribution in [3.8, 4) is 0 Å². The predicted molar refractivity (Wildman–Crippen MR) is 103 cm³/mol. The second-order valence-corrected chi connectivity index (χ2v) is 7.65. The van der Waals surface area contributed by atoms with Gasteiger partial charge in [0.1, 0.15) is 12.4 Å². The van der Waals surface area contributed by atoms with Crippen molar-refractivity contribution < 1.29 is 18.8 Å². The molecule has 148 valence electrons. The number of anilines is 1. The van der Waals surface area contributed by atoms with E-state index in [-0.39, 0.29) is 24.0 Å². The van der Waals surface area contributed by atoms with E-state index < -0.39 is 0 Å². The standard InChI is InChI=1S/C21H25N3O4/c1-15-18(16(2)28-22-15)12-19(25)23-10-8-21(9-11-23)14-24(20(26)13-27-21)17-6-4-3-5-7-17/h3-7H,8-14H2,1-2H3. The van der Waals surface area contributed by atoms with Gasteiger partial charge in [-0.2, -0.15) is 0 Å². The summed E-state index contributed by atoms with van der Waals surface area (Å²) in [5.41, 5.74) is 2.16. The number of benzene rings is 1. The summed E-state index contributed by atoms with van der Waals surface area (Å²) >= 11 is 0. The second kappa shape index (κ2) is 7.39. The summed E-state index contributed by atoms with van der Waals surface area (Å²) in [6, 6.07) is 9.69. The Hall–Kier alpha value is -2.67. The van der Waals surface area contributed by atoms with E-state index in [1.807, 2.05) is 54.0 Å². The number of carbonyl (C=O) groups excluding carboxylic acids is 2. The molecule has 2 saturated heterocycles. The summed E-state index contributed by atoms with van der Waals surface area (Å²) < 4.78 is 11.1. The molecule has 0 aliphatic carbocycles.